The van der Waals surface area contributed by atoms with Crippen molar-refractivity contribution in [1.82, 2.24) is 0 Å². The minimum atomic E-state index is -3.72. The normalized spacial score (nSPS) is 12.8. The van der Waals surface area contributed by atoms with Gasteiger partial charge in [0.15, 0.2) is 0 Å². The van der Waals surface area contributed by atoms with E-state index in [0.717, 1.165) is 17.8 Å². The van der Waals surface area contributed by atoms with E-state index in [1.165, 1.54) is 91.5 Å². The van der Waals surface area contributed by atoms with E-state index in [2.05, 4.69) is 221 Å². The van der Waals surface area contributed by atoms with Crippen LogP contribution in [0.4, 0.5) is 0 Å². The Labute approximate surface area is 402 Å². The quantitative estimate of drug-likeness (QED) is 0.130. The number of rotatable bonds is 15. The standard InChI is InChI=1S/3C8H17.3Mo.5H3O2PS2/c3*1-4-6-7-8(3)5-2;;;;5*1-3(2,4)5/h3*8H,3-7H2,1-2H3;;;;5*(H3,1,2,4,5)/q;;;3*+5;;;;;/p-15. The molecule has 0 aromatic rings. The van der Waals surface area contributed by atoms with Gasteiger partial charge in [-0.15, -0.1) is 0 Å². The molecule has 0 aromatic heterocycles. The third kappa shape index (κ3) is 187. The van der Waals surface area contributed by atoms with Gasteiger partial charge in [0.25, 0.3) is 0 Å². The summed E-state index contributed by atoms with van der Waals surface area (Å²) in [6.45, 7) is 13.7. The summed E-state index contributed by atoms with van der Waals surface area (Å²) in [5.74, 6) is 3.03. The van der Waals surface area contributed by atoms with Crippen LogP contribution in [0.1, 0.15) is 119 Å². The van der Waals surface area contributed by atoms with Crippen molar-refractivity contribution in [3.63, 3.8) is 0 Å². The summed E-state index contributed by atoms with van der Waals surface area (Å²) in [4.78, 5) is 97.0. The largest absolute Gasteiger partial charge is 0.850 e. The first-order valence-corrected chi connectivity index (χ1v) is 37.9. The Kier molecular flexibility index (Phi) is 73.5. The van der Waals surface area contributed by atoms with Gasteiger partial charge in [-0.2, -0.15) is 59.0 Å². The summed E-state index contributed by atoms with van der Waals surface area (Å²) < 4.78 is 0. The van der Waals surface area contributed by atoms with Gasteiger partial charge in [-0.05, 0) is 0 Å². The molecule has 52 heavy (non-hydrogen) atoms. The third-order valence-corrected chi connectivity index (χ3v) is 8.81. The van der Waals surface area contributed by atoms with E-state index >= 15 is 0 Å². The van der Waals surface area contributed by atoms with Crippen molar-refractivity contribution in [1.29, 1.82) is 0 Å². The number of hydrogen-bond donors (Lipinski definition) is 0. The van der Waals surface area contributed by atoms with Crippen LogP contribution in [0.5, 0.6) is 0 Å². The molecule has 3 unspecified atom stereocenters. The summed E-state index contributed by atoms with van der Waals surface area (Å²) in [6, 6.07) is 0. The van der Waals surface area contributed by atoms with Crippen molar-refractivity contribution in [2.45, 2.75) is 133 Å². The van der Waals surface area contributed by atoms with Gasteiger partial charge in [0, 0.05) is 0 Å². The summed E-state index contributed by atoms with van der Waals surface area (Å²) in [5, 5.41) is 0. The van der Waals surface area contributed by atoms with E-state index in [0.29, 0.717) is 0 Å². The van der Waals surface area contributed by atoms with Gasteiger partial charge in [0.05, 0.1) is 0 Å². The second-order valence-electron chi connectivity index (χ2n) is 9.99. The van der Waals surface area contributed by atoms with E-state index in [4.69, 9.17) is 0 Å². The summed E-state index contributed by atoms with van der Waals surface area (Å²) in [7, 11) is 0. The van der Waals surface area contributed by atoms with Crippen LogP contribution in [0, 0.1) is 17.8 Å². The molecule has 3 atom stereocenters. The van der Waals surface area contributed by atoms with Crippen LogP contribution in [0.3, 0.4) is 0 Å². The molecule has 0 bridgehead atoms. The Hall–Kier alpha value is 6.66. The molecule has 0 rings (SSSR count). The Morgan fingerprint density at radius 2 is 0.500 bits per heavy atom. The SMILES string of the molecule is CCCCC(CC)[CH2][Mo+5].CCCCC(CC)[CH2][Mo+5].CCCCC(CC)[CH2][Mo+5].[O-]P([O-])(=S)[S-].[O-]P([O-])(=S)[S-].[O-]P([O-])(=S)[S-].[O-]P([O-])(=S)[S-].[O-]P([O-])(=S)[S-]. The average Bonchev–Trinajstić information content (AvgIpc) is 2.91. The van der Waals surface area contributed by atoms with Crippen molar-refractivity contribution in [2.75, 3.05) is 0 Å². The Morgan fingerprint density at radius 3 is 0.558 bits per heavy atom. The Morgan fingerprint density at radius 1 is 0.385 bits per heavy atom. The van der Waals surface area contributed by atoms with Crippen LogP contribution in [-0.2, 0) is 180 Å². The van der Waals surface area contributed by atoms with Crippen LogP contribution >= 0.6 is 28.5 Å². The minimum Gasteiger partial charge on any atom is -0.850 e. The van der Waals surface area contributed by atoms with E-state index in [-0.39, 0.29) is 0 Å². The zero-order chi connectivity index (χ0) is 43.8. The van der Waals surface area contributed by atoms with Crippen molar-refractivity contribution >= 4 is 149 Å². The number of unbranched alkanes of at least 4 members (excludes halogenated alkanes) is 3. The van der Waals surface area contributed by atoms with Crippen LogP contribution in [0.2, 0.25) is 14.4 Å². The molecule has 0 N–H and O–H groups in total. The monoisotopic (exact) mass is 1270 g/mol. The van der Waals surface area contributed by atoms with Crippen molar-refractivity contribution in [2.24, 2.45) is 17.8 Å². The molecule has 0 saturated heterocycles. The third-order valence-electron chi connectivity index (χ3n) is 5.34. The predicted octanol–water partition coefficient (Wildman–Crippen LogP) is 1.90. The van der Waals surface area contributed by atoms with Crippen molar-refractivity contribution in [3.05, 3.63) is 0 Å². The smallest absolute Gasteiger partial charge is 0.160 e. The van der Waals surface area contributed by atoms with Crippen molar-refractivity contribution < 1.29 is 108 Å². The Bertz CT molecular complexity index is 755. The fourth-order valence-corrected chi connectivity index (χ4v) is 5.66. The first-order chi connectivity index (χ1) is 23.0. The maximum absolute atomic E-state index is 9.29. The molecule has 0 aromatic carbocycles. The van der Waals surface area contributed by atoms with E-state index in [1.54, 1.807) is 0 Å². The molecule has 0 saturated carbocycles. The fourth-order valence-electron chi connectivity index (χ4n) is 2.69. The molecule has 0 radical (unpaired) electrons. The molecule has 0 heterocycles. The van der Waals surface area contributed by atoms with Gasteiger partial charge in [-0.25, -0.2) is 0 Å². The van der Waals surface area contributed by atoms with Gasteiger partial charge in [0.1, 0.15) is 0 Å². The number of hydrogen-bond acceptors (Lipinski definition) is 20. The molecule has 0 aliphatic carbocycles. The maximum Gasteiger partial charge on any atom is -0.160 e. The second-order valence-corrected chi connectivity index (χ2v) is 34.8. The van der Waals surface area contributed by atoms with Crippen LogP contribution < -0.4 is 48.9 Å². The maximum atomic E-state index is 9.29. The first-order valence-electron chi connectivity index (χ1n) is 15.4. The fraction of sp³-hybridized carbons (Fsp3) is 1.00. The van der Waals surface area contributed by atoms with Gasteiger partial charge in [-0.1, -0.05) is 0 Å². The van der Waals surface area contributed by atoms with E-state index in [9.17, 15) is 48.9 Å². The van der Waals surface area contributed by atoms with Crippen molar-refractivity contribution in [3.8, 4) is 0 Å². The molecular formula is C24H51Mo3O10P5S10. The van der Waals surface area contributed by atoms with Gasteiger partial charge >= 0.3 is 210 Å². The molecule has 0 aliphatic heterocycles. The molecule has 0 spiro atoms. The van der Waals surface area contributed by atoms with Gasteiger partial charge in [0.2, 0.25) is 0 Å². The van der Waals surface area contributed by atoms with E-state index in [1.807, 2.05) is 0 Å². The molecule has 10 nitrogen and oxygen atoms in total. The van der Waals surface area contributed by atoms with Crippen LogP contribution in [-0.4, -0.2) is 0 Å². The van der Waals surface area contributed by atoms with Gasteiger partial charge in [-0.3, -0.25) is 0 Å². The molecular weight excluding hydrogens is 1210 g/mol. The molecule has 0 fully saturated rings. The van der Waals surface area contributed by atoms with E-state index < -0.39 is 28.5 Å². The summed E-state index contributed by atoms with van der Waals surface area (Å²) in [5.41, 5.74) is -18.6. The van der Waals surface area contributed by atoms with Crippen LogP contribution in [0.15, 0.2) is 0 Å². The molecule has 28 heteroatoms. The minimum absolute atomic E-state index is 1.01. The predicted molar refractivity (Wildman–Crippen MR) is 223 cm³/mol. The van der Waals surface area contributed by atoms with Crippen LogP contribution in [0.25, 0.3) is 0 Å². The average molecular weight is 1260 g/mol. The Balaban J connectivity index is -0.0000000721. The second kappa shape index (κ2) is 50.3. The zero-order valence-electron chi connectivity index (χ0n) is 30.0. The summed E-state index contributed by atoms with van der Waals surface area (Å²) >= 11 is 43.1. The molecule has 0 amide bonds. The first kappa shape index (κ1) is 76.0. The molecule has 310 valence electrons. The molecule has 0 aliphatic rings. The summed E-state index contributed by atoms with van der Waals surface area (Å²) in [6.07, 6.45) is 16.8. The zero-order valence-corrected chi connectivity index (χ0v) is 48.6. The van der Waals surface area contributed by atoms with Gasteiger partial charge < -0.3 is 139 Å². The topological polar surface area (TPSA) is 231 Å².